The molecule has 0 aliphatic carbocycles. The minimum absolute atomic E-state index is 0.174. The Bertz CT molecular complexity index is 323. The van der Waals surface area contributed by atoms with Crippen molar-refractivity contribution in [2.24, 2.45) is 0 Å². The van der Waals surface area contributed by atoms with Gasteiger partial charge in [0.15, 0.2) is 6.29 Å². The number of esters is 1. The molecule has 0 heterocycles. The van der Waals surface area contributed by atoms with Crippen molar-refractivity contribution in [3.05, 3.63) is 0 Å². The number of hydrogen-bond donors (Lipinski definition) is 2. The SMILES string of the molecule is COC(=O)C(CC(OC)OC)NC(=O)C(CSPP)NP. The predicted molar refractivity (Wildman–Crippen MR) is 93.5 cm³/mol. The lowest BCUT2D eigenvalue weighted by Gasteiger charge is -2.23. The van der Waals surface area contributed by atoms with E-state index in [1.54, 1.807) is 11.4 Å². The van der Waals surface area contributed by atoms with Crippen LogP contribution in [0.3, 0.4) is 0 Å². The van der Waals surface area contributed by atoms with Crippen molar-refractivity contribution in [3.8, 4) is 0 Å². The molecular weight excluding hydrogens is 353 g/mol. The molecule has 0 saturated carbocycles. The van der Waals surface area contributed by atoms with Crippen LogP contribution in [0.2, 0.25) is 0 Å². The Balaban J connectivity index is 4.70. The van der Waals surface area contributed by atoms with Gasteiger partial charge in [-0.05, 0) is 7.47 Å². The molecule has 0 aromatic heterocycles. The second kappa shape index (κ2) is 13.0. The zero-order valence-corrected chi connectivity index (χ0v) is 16.4. The minimum Gasteiger partial charge on any atom is -0.467 e. The second-order valence-corrected chi connectivity index (χ2v) is 8.75. The molecule has 0 rings (SSSR count). The highest BCUT2D eigenvalue weighted by Crippen LogP contribution is 2.36. The van der Waals surface area contributed by atoms with E-state index >= 15 is 0 Å². The molecule has 124 valence electrons. The molecule has 0 fully saturated rings. The minimum atomic E-state index is -0.822. The first kappa shape index (κ1) is 21.5. The summed E-state index contributed by atoms with van der Waals surface area (Å²) < 4.78 is 14.8. The number of carbonyl (C=O) groups excluding carboxylic acids is 2. The molecule has 2 N–H and O–H groups in total. The van der Waals surface area contributed by atoms with Gasteiger partial charge in [0.2, 0.25) is 5.91 Å². The zero-order chi connectivity index (χ0) is 16.3. The van der Waals surface area contributed by atoms with Gasteiger partial charge in [-0.3, -0.25) is 9.88 Å². The Morgan fingerprint density at radius 3 is 2.29 bits per heavy atom. The standard InChI is InChI=1S/C10H23N2O5P3S/c1-15-8(16-2)4-6(10(14)17-3)11-9(13)7(12-18)5-21-20-19/h6-8,12,20H,4-5,18-19H2,1-3H3,(H,11,13). The predicted octanol–water partition coefficient (Wildman–Crippen LogP) is 0.518. The number of rotatable bonds is 11. The highest BCUT2D eigenvalue weighted by Gasteiger charge is 2.28. The fourth-order valence-corrected chi connectivity index (χ4v) is 4.05. The molecule has 5 unspecified atom stereocenters. The molecule has 0 aliphatic heterocycles. The molecule has 0 bridgehead atoms. The van der Waals surface area contributed by atoms with Gasteiger partial charge in [0.05, 0.1) is 13.2 Å². The van der Waals surface area contributed by atoms with Crippen LogP contribution in [0.5, 0.6) is 0 Å². The third-order valence-corrected chi connectivity index (χ3v) is 6.18. The summed E-state index contributed by atoms with van der Waals surface area (Å²) in [6, 6.07) is -1.24. The maximum absolute atomic E-state index is 12.2. The van der Waals surface area contributed by atoms with Gasteiger partial charge in [-0.1, -0.05) is 9.39 Å². The van der Waals surface area contributed by atoms with Crippen molar-refractivity contribution in [1.29, 1.82) is 0 Å². The fraction of sp³-hybridized carbons (Fsp3) is 0.800. The summed E-state index contributed by atoms with van der Waals surface area (Å²) in [5.74, 6) is -0.212. The number of hydrogen-bond acceptors (Lipinski definition) is 7. The maximum atomic E-state index is 12.2. The quantitative estimate of drug-likeness (QED) is 0.309. The molecule has 0 aromatic carbocycles. The molecule has 1 amide bonds. The molecular formula is C10H23N2O5P3S. The molecule has 0 radical (unpaired) electrons. The van der Waals surface area contributed by atoms with Crippen LogP contribution in [0, 0.1) is 0 Å². The van der Waals surface area contributed by atoms with Crippen LogP contribution in [-0.2, 0) is 23.8 Å². The molecule has 0 spiro atoms. The number of carbonyl (C=O) groups is 2. The summed E-state index contributed by atoms with van der Waals surface area (Å²) in [4.78, 5) is 23.9. The second-order valence-electron chi connectivity index (χ2n) is 3.87. The van der Waals surface area contributed by atoms with Crippen LogP contribution in [0.1, 0.15) is 6.42 Å². The first-order valence-corrected chi connectivity index (χ1v) is 11.1. The molecule has 0 aromatic rings. The van der Waals surface area contributed by atoms with Crippen LogP contribution in [-0.4, -0.2) is 57.3 Å². The lowest BCUT2D eigenvalue weighted by Crippen LogP contribution is -2.50. The fourth-order valence-electron chi connectivity index (χ4n) is 1.44. The molecule has 21 heavy (non-hydrogen) atoms. The van der Waals surface area contributed by atoms with Crippen molar-refractivity contribution >= 4 is 49.0 Å². The zero-order valence-electron chi connectivity index (χ0n) is 12.3. The van der Waals surface area contributed by atoms with Crippen LogP contribution < -0.4 is 10.4 Å². The third kappa shape index (κ3) is 8.61. The number of amides is 1. The maximum Gasteiger partial charge on any atom is 0.328 e. The van der Waals surface area contributed by atoms with E-state index in [1.807, 2.05) is 0 Å². The Morgan fingerprint density at radius 1 is 1.24 bits per heavy atom. The van der Waals surface area contributed by atoms with E-state index in [1.165, 1.54) is 21.3 Å². The topological polar surface area (TPSA) is 85.9 Å². The van der Waals surface area contributed by atoms with Gasteiger partial charge < -0.3 is 19.5 Å². The monoisotopic (exact) mass is 376 g/mol. The Labute approximate surface area is 135 Å². The third-order valence-electron chi connectivity index (χ3n) is 2.61. The van der Waals surface area contributed by atoms with E-state index in [2.05, 4.69) is 28.7 Å². The molecule has 0 aliphatic rings. The van der Waals surface area contributed by atoms with Gasteiger partial charge >= 0.3 is 5.97 Å². The van der Waals surface area contributed by atoms with Gasteiger partial charge in [0.25, 0.3) is 0 Å². The molecule has 7 nitrogen and oxygen atoms in total. The number of nitrogens with one attached hydrogen (secondary N) is 2. The highest BCUT2D eigenvalue weighted by molar-refractivity contribution is 8.64. The lowest BCUT2D eigenvalue weighted by molar-refractivity contribution is -0.152. The first-order chi connectivity index (χ1) is 10.0. The van der Waals surface area contributed by atoms with E-state index in [9.17, 15) is 9.59 Å². The highest BCUT2D eigenvalue weighted by atomic mass is 32.9. The van der Waals surface area contributed by atoms with Crippen molar-refractivity contribution < 1.29 is 23.8 Å². The Hall–Kier alpha value is 0.460. The van der Waals surface area contributed by atoms with E-state index in [4.69, 9.17) is 14.2 Å². The number of ether oxygens (including phenoxy) is 3. The van der Waals surface area contributed by atoms with Gasteiger partial charge in [-0.2, -0.15) is 0 Å². The average molecular weight is 376 g/mol. The van der Waals surface area contributed by atoms with E-state index < -0.39 is 24.3 Å². The largest absolute Gasteiger partial charge is 0.467 e. The first-order valence-electron chi connectivity index (χ1n) is 6.01. The van der Waals surface area contributed by atoms with Gasteiger partial charge in [0, 0.05) is 26.4 Å². The Kier molecular flexibility index (Phi) is 13.2. The summed E-state index contributed by atoms with van der Waals surface area (Å²) in [7, 11) is 9.73. The lowest BCUT2D eigenvalue weighted by atomic mass is 10.2. The summed E-state index contributed by atoms with van der Waals surface area (Å²) in [5.41, 5.74) is 0. The van der Waals surface area contributed by atoms with Crippen LogP contribution in [0.25, 0.3) is 0 Å². The Morgan fingerprint density at radius 2 is 1.86 bits per heavy atom. The van der Waals surface area contributed by atoms with E-state index in [0.29, 0.717) is 13.2 Å². The number of methoxy groups -OCH3 is 3. The van der Waals surface area contributed by atoms with Gasteiger partial charge in [-0.15, -0.1) is 20.3 Å². The van der Waals surface area contributed by atoms with E-state index in [-0.39, 0.29) is 12.3 Å². The smallest absolute Gasteiger partial charge is 0.328 e. The average Bonchev–Trinajstić information content (AvgIpc) is 2.51. The van der Waals surface area contributed by atoms with Crippen LogP contribution >= 0.6 is 37.2 Å². The van der Waals surface area contributed by atoms with Crippen molar-refractivity contribution in [2.45, 2.75) is 24.8 Å². The van der Waals surface area contributed by atoms with Crippen molar-refractivity contribution in [3.63, 3.8) is 0 Å². The summed E-state index contributed by atoms with van der Waals surface area (Å²) in [5, 5.41) is 5.50. The summed E-state index contributed by atoms with van der Waals surface area (Å²) >= 11 is 1.62. The van der Waals surface area contributed by atoms with Crippen molar-refractivity contribution in [1.82, 2.24) is 10.4 Å². The van der Waals surface area contributed by atoms with E-state index in [0.717, 1.165) is 0 Å². The van der Waals surface area contributed by atoms with Gasteiger partial charge in [0.1, 0.15) is 6.04 Å². The molecule has 5 atom stereocenters. The molecule has 0 saturated heterocycles. The summed E-state index contributed by atoms with van der Waals surface area (Å²) in [6.07, 6.45) is -0.423. The van der Waals surface area contributed by atoms with Crippen molar-refractivity contribution in [2.75, 3.05) is 27.1 Å². The molecule has 11 heteroatoms. The summed E-state index contributed by atoms with van der Waals surface area (Å²) in [6.45, 7) is 0. The van der Waals surface area contributed by atoms with Gasteiger partial charge in [-0.25, -0.2) is 4.79 Å². The van der Waals surface area contributed by atoms with Crippen LogP contribution in [0.15, 0.2) is 0 Å². The van der Waals surface area contributed by atoms with Crippen LogP contribution in [0.4, 0.5) is 0 Å². The normalized spacial score (nSPS) is 14.4.